The molecule has 6 atom stereocenters. The number of aromatic hydroxyl groups is 1. The van der Waals surface area contributed by atoms with E-state index in [4.69, 9.17) is 0 Å². The van der Waals surface area contributed by atoms with Crippen LogP contribution in [0.5, 0.6) is 5.75 Å². The molecule has 2 aliphatic heterocycles. The van der Waals surface area contributed by atoms with Gasteiger partial charge >= 0.3 is 22.7 Å². The van der Waals surface area contributed by atoms with E-state index >= 15 is 4.39 Å². The van der Waals surface area contributed by atoms with E-state index in [1.54, 1.807) is 0 Å². The van der Waals surface area contributed by atoms with E-state index in [-0.39, 0.29) is 24.0 Å². The first-order valence-corrected chi connectivity index (χ1v) is 17.5. The molecule has 0 spiro atoms. The van der Waals surface area contributed by atoms with E-state index in [0.29, 0.717) is 9.80 Å². The summed E-state index contributed by atoms with van der Waals surface area (Å²) in [5, 5.41) is 59.6. The van der Waals surface area contributed by atoms with Gasteiger partial charge in [-0.25, -0.2) is 14.2 Å². The Labute approximate surface area is 325 Å². The molecule has 1 N–H and O–H groups in total. The second-order valence-electron chi connectivity index (χ2n) is 14.7. The third-order valence-corrected chi connectivity index (χ3v) is 11.3. The number of phenols is 1. The summed E-state index contributed by atoms with van der Waals surface area (Å²) in [6.07, 6.45) is 1.06. The summed E-state index contributed by atoms with van der Waals surface area (Å²) in [6, 6.07) is 6.89. The van der Waals surface area contributed by atoms with Crippen molar-refractivity contribution in [2.75, 3.05) is 47.8 Å². The van der Waals surface area contributed by atoms with Crippen LogP contribution >= 0.6 is 0 Å². The summed E-state index contributed by atoms with van der Waals surface area (Å²) in [5.41, 5.74) is -4.77. The normalized spacial score (nSPS) is 23.6. The van der Waals surface area contributed by atoms with Gasteiger partial charge in [0, 0.05) is 63.9 Å². The highest BCUT2D eigenvalue weighted by Gasteiger charge is 2.63. The first-order chi connectivity index (χ1) is 27.3. The molecule has 6 unspecified atom stereocenters. The molecule has 1 saturated carbocycles. The minimum Gasteiger partial charge on any atom is -0.505 e. The van der Waals surface area contributed by atoms with Crippen LogP contribution in [0.15, 0.2) is 54.1 Å². The SMILES string of the molecule is CN(C)c1c([N+](=O)[O-])cc(N2C(=O)C3CC=C4C(CC5C(=O)N(c6cc([N+](=O)[O-])c(N(C)C)c([N+](=O)[O-])c6)C(=O)C5C4c4cccc(F)c4O)C3C2=O)cc1[N+](=O)[O-]. The number of carbonyl (C=O) groups excluding carboxylic acids is 4. The highest BCUT2D eigenvalue weighted by atomic mass is 19.1. The van der Waals surface area contributed by atoms with Crippen molar-refractivity contribution < 1.29 is 48.4 Å². The van der Waals surface area contributed by atoms with Crippen LogP contribution < -0.4 is 19.6 Å². The second-order valence-corrected chi connectivity index (χ2v) is 14.7. The lowest BCUT2D eigenvalue weighted by atomic mass is 9.57. The standard InChI is InChI=1S/C36H31FN8O13/c1-38(2)30-23(42(51)52)10-15(11-24(30)43(53)54)40-33(47)19-9-8-17-20(28(19)35(40)49)14-21-29(27(17)18-6-5-7-22(37)32(18)46)36(50)41(34(21)48)16-12-25(44(55)56)31(39(3)4)26(13-16)45(57)58/h5-8,10-13,19-21,27-29,46H,9,14H2,1-4H3. The molecule has 0 radical (unpaired) electrons. The summed E-state index contributed by atoms with van der Waals surface area (Å²) in [6.45, 7) is 0. The number of fused-ring (bicyclic) bond motifs is 4. The number of phenolic OH excluding ortho intramolecular Hbond substituents is 1. The average Bonchev–Trinajstić information content (AvgIpc) is 3.57. The lowest BCUT2D eigenvalue weighted by molar-refractivity contribution is -0.392. The van der Waals surface area contributed by atoms with Gasteiger partial charge in [-0.05, 0) is 24.8 Å². The van der Waals surface area contributed by atoms with Gasteiger partial charge in [-0.1, -0.05) is 23.8 Å². The fourth-order valence-corrected chi connectivity index (χ4v) is 9.14. The number of hydrogen-bond donors (Lipinski definition) is 1. The van der Waals surface area contributed by atoms with E-state index < -0.39 is 136 Å². The van der Waals surface area contributed by atoms with E-state index in [9.17, 15) is 64.7 Å². The lowest BCUT2D eigenvalue weighted by Crippen LogP contribution is -2.43. The molecule has 58 heavy (non-hydrogen) atoms. The van der Waals surface area contributed by atoms with Gasteiger partial charge in [0.15, 0.2) is 22.9 Å². The molecule has 300 valence electrons. The van der Waals surface area contributed by atoms with E-state index in [2.05, 4.69) is 0 Å². The van der Waals surface area contributed by atoms with Crippen molar-refractivity contribution in [1.29, 1.82) is 0 Å². The zero-order valence-electron chi connectivity index (χ0n) is 30.8. The quantitative estimate of drug-likeness (QED) is 0.136. The molecule has 3 aromatic carbocycles. The van der Waals surface area contributed by atoms with Crippen LogP contribution in [0.1, 0.15) is 24.3 Å². The number of rotatable bonds is 9. The number of amides is 4. The van der Waals surface area contributed by atoms with Crippen LogP contribution in [0, 0.1) is 75.9 Å². The number of anilines is 4. The van der Waals surface area contributed by atoms with Crippen molar-refractivity contribution >= 4 is 69.1 Å². The Morgan fingerprint density at radius 2 is 1.09 bits per heavy atom. The monoisotopic (exact) mass is 802 g/mol. The van der Waals surface area contributed by atoms with Crippen LogP contribution in [-0.2, 0) is 19.2 Å². The number of imide groups is 2. The molecule has 2 aliphatic carbocycles. The van der Waals surface area contributed by atoms with E-state index in [1.807, 2.05) is 0 Å². The van der Waals surface area contributed by atoms with Crippen molar-refractivity contribution in [3.63, 3.8) is 0 Å². The highest BCUT2D eigenvalue weighted by Crippen LogP contribution is 2.60. The maximum atomic E-state index is 15.0. The third-order valence-electron chi connectivity index (χ3n) is 11.3. The average molecular weight is 803 g/mol. The maximum absolute atomic E-state index is 15.0. The van der Waals surface area contributed by atoms with Gasteiger partial charge in [0.2, 0.25) is 23.6 Å². The number of allylic oxidation sites excluding steroid dienone is 2. The lowest BCUT2D eigenvalue weighted by Gasteiger charge is -2.44. The first kappa shape index (κ1) is 38.9. The van der Waals surface area contributed by atoms with Crippen LogP contribution in [0.2, 0.25) is 0 Å². The van der Waals surface area contributed by atoms with Gasteiger partial charge in [-0.2, -0.15) is 0 Å². The summed E-state index contributed by atoms with van der Waals surface area (Å²) >= 11 is 0. The Morgan fingerprint density at radius 3 is 1.52 bits per heavy atom. The summed E-state index contributed by atoms with van der Waals surface area (Å²) in [7, 11) is 5.32. The summed E-state index contributed by atoms with van der Waals surface area (Å²) in [5.74, 6) is -13.4. The minimum absolute atomic E-state index is 0.161. The van der Waals surface area contributed by atoms with Crippen LogP contribution in [0.4, 0.5) is 49.9 Å². The summed E-state index contributed by atoms with van der Waals surface area (Å²) in [4.78, 5) is 106. The highest BCUT2D eigenvalue weighted by molar-refractivity contribution is 6.24. The van der Waals surface area contributed by atoms with Crippen molar-refractivity contribution in [3.05, 3.63) is 106 Å². The zero-order valence-corrected chi connectivity index (χ0v) is 30.8. The molecule has 0 bridgehead atoms. The number of para-hydroxylation sites is 1. The molecule has 2 heterocycles. The van der Waals surface area contributed by atoms with Crippen LogP contribution in [0.25, 0.3) is 0 Å². The predicted molar refractivity (Wildman–Crippen MR) is 199 cm³/mol. The van der Waals surface area contributed by atoms with Crippen molar-refractivity contribution in [2.45, 2.75) is 18.8 Å². The Bertz CT molecular complexity index is 2400. The molecule has 22 heteroatoms. The van der Waals surface area contributed by atoms with Gasteiger partial charge in [0.25, 0.3) is 0 Å². The van der Waals surface area contributed by atoms with E-state index in [0.717, 1.165) is 40.1 Å². The fourth-order valence-electron chi connectivity index (χ4n) is 9.14. The molecule has 3 aromatic rings. The second kappa shape index (κ2) is 13.7. The number of halogens is 1. The topological polar surface area (TPSA) is 274 Å². The number of carbonyl (C=O) groups is 4. The number of nitro benzene ring substituents is 4. The van der Waals surface area contributed by atoms with Gasteiger partial charge in [0.1, 0.15) is 0 Å². The molecule has 3 fully saturated rings. The number of nitro groups is 4. The molecule has 0 aromatic heterocycles. The Balaban J connectivity index is 1.37. The van der Waals surface area contributed by atoms with Crippen LogP contribution in [-0.4, -0.2) is 76.6 Å². The largest absolute Gasteiger partial charge is 0.505 e. The summed E-state index contributed by atoms with van der Waals surface area (Å²) < 4.78 is 15.0. The van der Waals surface area contributed by atoms with Gasteiger partial charge in [0.05, 0.1) is 54.7 Å². The van der Waals surface area contributed by atoms with Gasteiger partial charge < -0.3 is 14.9 Å². The minimum atomic E-state index is -1.43. The third kappa shape index (κ3) is 5.65. The van der Waals surface area contributed by atoms with Gasteiger partial charge in [-0.15, -0.1) is 0 Å². The van der Waals surface area contributed by atoms with Crippen molar-refractivity contribution in [3.8, 4) is 5.75 Å². The van der Waals surface area contributed by atoms with Crippen molar-refractivity contribution in [2.24, 2.45) is 29.6 Å². The molecule has 2 saturated heterocycles. The molecular weight excluding hydrogens is 771 g/mol. The molecular formula is C36H31FN8O13. The molecule has 4 aliphatic rings. The van der Waals surface area contributed by atoms with E-state index in [1.165, 1.54) is 46.4 Å². The van der Waals surface area contributed by atoms with Crippen LogP contribution in [0.3, 0.4) is 0 Å². The number of hydrogen-bond acceptors (Lipinski definition) is 15. The molecule has 21 nitrogen and oxygen atoms in total. The van der Waals surface area contributed by atoms with Crippen molar-refractivity contribution in [1.82, 2.24) is 0 Å². The Hall–Kier alpha value is -7.39. The Kier molecular flexibility index (Phi) is 9.16. The zero-order chi connectivity index (χ0) is 42.4. The molecule has 4 amide bonds. The predicted octanol–water partition coefficient (Wildman–Crippen LogP) is 4.34. The number of benzene rings is 3. The maximum Gasteiger partial charge on any atom is 0.301 e. The Morgan fingerprint density at radius 1 is 0.655 bits per heavy atom. The molecule has 7 rings (SSSR count). The fraction of sp³-hybridized carbons (Fsp3) is 0.333. The smallest absolute Gasteiger partial charge is 0.301 e. The van der Waals surface area contributed by atoms with Gasteiger partial charge in [-0.3, -0.25) is 59.6 Å². The number of nitrogens with zero attached hydrogens (tertiary/aromatic N) is 8. The first-order valence-electron chi connectivity index (χ1n) is 17.5.